The molecule has 0 aromatic heterocycles. The van der Waals surface area contributed by atoms with Crippen LogP contribution in [0, 0.1) is 17.5 Å². The van der Waals surface area contributed by atoms with Gasteiger partial charge in [-0.15, -0.1) is 0 Å². The van der Waals surface area contributed by atoms with Gasteiger partial charge in [0.1, 0.15) is 0 Å². The summed E-state index contributed by atoms with van der Waals surface area (Å²) in [4.78, 5) is 0. The number of halogens is 3. The molecule has 0 aliphatic heterocycles. The molecular formula is C15H22F3N. The van der Waals surface area contributed by atoms with Crippen LogP contribution in [0.15, 0.2) is 12.1 Å². The standard InChI is InChI=1S/C15H22F3N/c1-3-4-5-6-7-11(2)19-10-12-8-13(16)15(18)14(17)9-12/h8-9,11,19H,3-7,10H2,1-2H3. The average Bonchev–Trinajstić information content (AvgIpc) is 2.38. The Morgan fingerprint density at radius 2 is 1.68 bits per heavy atom. The van der Waals surface area contributed by atoms with Crippen LogP contribution >= 0.6 is 0 Å². The van der Waals surface area contributed by atoms with Gasteiger partial charge in [-0.25, -0.2) is 13.2 Å². The molecule has 0 saturated carbocycles. The van der Waals surface area contributed by atoms with E-state index in [-0.39, 0.29) is 6.04 Å². The zero-order valence-electron chi connectivity index (χ0n) is 11.6. The summed E-state index contributed by atoms with van der Waals surface area (Å²) < 4.78 is 38.8. The zero-order valence-corrected chi connectivity index (χ0v) is 11.6. The Kier molecular flexibility index (Phi) is 6.92. The van der Waals surface area contributed by atoms with Gasteiger partial charge in [0, 0.05) is 12.6 Å². The Morgan fingerprint density at radius 1 is 1.05 bits per heavy atom. The molecule has 0 amide bonds. The minimum atomic E-state index is -1.41. The Labute approximate surface area is 113 Å². The highest BCUT2D eigenvalue weighted by molar-refractivity contribution is 5.19. The normalized spacial score (nSPS) is 12.7. The summed E-state index contributed by atoms with van der Waals surface area (Å²) >= 11 is 0. The monoisotopic (exact) mass is 273 g/mol. The highest BCUT2D eigenvalue weighted by Gasteiger charge is 2.10. The zero-order chi connectivity index (χ0) is 14.3. The van der Waals surface area contributed by atoms with Crippen molar-refractivity contribution >= 4 is 0 Å². The highest BCUT2D eigenvalue weighted by atomic mass is 19.2. The van der Waals surface area contributed by atoms with Gasteiger partial charge in [-0.05, 0) is 31.0 Å². The Morgan fingerprint density at radius 3 is 2.26 bits per heavy atom. The maximum Gasteiger partial charge on any atom is 0.194 e. The summed E-state index contributed by atoms with van der Waals surface area (Å²) in [6.07, 6.45) is 5.83. The molecule has 0 fully saturated rings. The van der Waals surface area contributed by atoms with Crippen LogP contribution in [0.2, 0.25) is 0 Å². The minimum Gasteiger partial charge on any atom is -0.310 e. The van der Waals surface area contributed by atoms with E-state index in [1.165, 1.54) is 19.3 Å². The van der Waals surface area contributed by atoms with Crippen molar-refractivity contribution in [2.45, 2.75) is 58.5 Å². The molecule has 1 N–H and O–H groups in total. The molecule has 0 radical (unpaired) electrons. The van der Waals surface area contributed by atoms with Crippen LogP contribution in [0.1, 0.15) is 51.5 Å². The topological polar surface area (TPSA) is 12.0 Å². The molecule has 1 aromatic rings. The van der Waals surface area contributed by atoms with Crippen molar-refractivity contribution in [2.75, 3.05) is 0 Å². The smallest absolute Gasteiger partial charge is 0.194 e. The fourth-order valence-corrected chi connectivity index (χ4v) is 1.98. The van der Waals surface area contributed by atoms with Crippen molar-refractivity contribution in [1.82, 2.24) is 5.32 Å². The highest BCUT2D eigenvalue weighted by Crippen LogP contribution is 2.14. The molecule has 0 heterocycles. The van der Waals surface area contributed by atoms with E-state index in [1.807, 2.05) is 6.92 Å². The quantitative estimate of drug-likeness (QED) is 0.541. The lowest BCUT2D eigenvalue weighted by atomic mass is 10.1. The van der Waals surface area contributed by atoms with Gasteiger partial charge in [0.05, 0.1) is 0 Å². The van der Waals surface area contributed by atoms with Gasteiger partial charge in [-0.3, -0.25) is 0 Å². The molecule has 19 heavy (non-hydrogen) atoms. The van der Waals surface area contributed by atoms with Crippen molar-refractivity contribution in [3.8, 4) is 0 Å². The molecule has 0 aliphatic rings. The van der Waals surface area contributed by atoms with Gasteiger partial charge in [0.15, 0.2) is 17.5 Å². The molecule has 108 valence electrons. The van der Waals surface area contributed by atoms with E-state index in [4.69, 9.17) is 0 Å². The first-order chi connectivity index (χ1) is 9.04. The molecule has 4 heteroatoms. The summed E-state index contributed by atoms with van der Waals surface area (Å²) in [5, 5.41) is 3.19. The van der Waals surface area contributed by atoms with E-state index in [1.54, 1.807) is 0 Å². The van der Waals surface area contributed by atoms with E-state index >= 15 is 0 Å². The van der Waals surface area contributed by atoms with Crippen LogP contribution in [-0.2, 0) is 6.54 Å². The second kappa shape index (κ2) is 8.20. The van der Waals surface area contributed by atoms with E-state index in [0.717, 1.165) is 25.0 Å². The fourth-order valence-electron chi connectivity index (χ4n) is 1.98. The lowest BCUT2D eigenvalue weighted by Crippen LogP contribution is -2.25. The van der Waals surface area contributed by atoms with Crippen LogP contribution in [0.5, 0.6) is 0 Å². The largest absolute Gasteiger partial charge is 0.310 e. The van der Waals surface area contributed by atoms with E-state index < -0.39 is 17.5 Å². The molecule has 1 aromatic carbocycles. The first-order valence-corrected chi connectivity index (χ1v) is 6.91. The molecule has 0 spiro atoms. The lowest BCUT2D eigenvalue weighted by molar-refractivity contribution is 0.441. The lowest BCUT2D eigenvalue weighted by Gasteiger charge is -2.14. The predicted octanol–water partition coefficient (Wildman–Crippen LogP) is 4.55. The van der Waals surface area contributed by atoms with Gasteiger partial charge in [-0.1, -0.05) is 32.6 Å². The van der Waals surface area contributed by atoms with Crippen LogP contribution in [0.4, 0.5) is 13.2 Å². The third-order valence-corrected chi connectivity index (χ3v) is 3.19. The number of rotatable bonds is 8. The van der Waals surface area contributed by atoms with Crippen molar-refractivity contribution in [2.24, 2.45) is 0 Å². The Balaban J connectivity index is 2.36. The molecule has 0 saturated heterocycles. The number of nitrogens with one attached hydrogen (secondary N) is 1. The van der Waals surface area contributed by atoms with E-state index in [0.29, 0.717) is 12.1 Å². The van der Waals surface area contributed by atoms with Gasteiger partial charge in [0.2, 0.25) is 0 Å². The van der Waals surface area contributed by atoms with Gasteiger partial charge < -0.3 is 5.32 Å². The second-order valence-electron chi connectivity index (χ2n) is 5.00. The van der Waals surface area contributed by atoms with E-state index in [9.17, 15) is 13.2 Å². The molecule has 1 unspecified atom stereocenters. The first-order valence-electron chi connectivity index (χ1n) is 6.91. The van der Waals surface area contributed by atoms with Crippen molar-refractivity contribution in [3.05, 3.63) is 35.1 Å². The maximum atomic E-state index is 13.0. The van der Waals surface area contributed by atoms with Gasteiger partial charge >= 0.3 is 0 Å². The number of hydrogen-bond donors (Lipinski definition) is 1. The first kappa shape index (κ1) is 16.0. The van der Waals surface area contributed by atoms with Gasteiger partial charge in [-0.2, -0.15) is 0 Å². The van der Waals surface area contributed by atoms with Gasteiger partial charge in [0.25, 0.3) is 0 Å². The summed E-state index contributed by atoms with van der Waals surface area (Å²) in [5.74, 6) is -3.67. The Hall–Kier alpha value is -1.03. The van der Waals surface area contributed by atoms with Crippen LogP contribution in [0.3, 0.4) is 0 Å². The number of benzene rings is 1. The predicted molar refractivity (Wildman–Crippen MR) is 71.4 cm³/mol. The molecule has 1 nitrogen and oxygen atoms in total. The second-order valence-corrected chi connectivity index (χ2v) is 5.00. The van der Waals surface area contributed by atoms with Crippen molar-refractivity contribution in [1.29, 1.82) is 0 Å². The van der Waals surface area contributed by atoms with Crippen LogP contribution < -0.4 is 5.32 Å². The fraction of sp³-hybridized carbons (Fsp3) is 0.600. The summed E-state index contributed by atoms with van der Waals surface area (Å²) in [6.45, 7) is 4.56. The molecule has 0 aliphatic carbocycles. The summed E-state index contributed by atoms with van der Waals surface area (Å²) in [7, 11) is 0. The summed E-state index contributed by atoms with van der Waals surface area (Å²) in [5.41, 5.74) is 0.428. The van der Waals surface area contributed by atoms with Crippen molar-refractivity contribution in [3.63, 3.8) is 0 Å². The Bertz CT molecular complexity index is 370. The number of unbranched alkanes of at least 4 members (excludes halogenated alkanes) is 3. The van der Waals surface area contributed by atoms with Crippen LogP contribution in [-0.4, -0.2) is 6.04 Å². The average molecular weight is 273 g/mol. The number of hydrogen-bond acceptors (Lipinski definition) is 1. The maximum absolute atomic E-state index is 13.0. The third kappa shape index (κ3) is 5.64. The van der Waals surface area contributed by atoms with E-state index in [2.05, 4.69) is 12.2 Å². The molecule has 0 bridgehead atoms. The molecule has 1 rings (SSSR count). The summed E-state index contributed by atoms with van der Waals surface area (Å²) in [6, 6.07) is 2.36. The third-order valence-electron chi connectivity index (χ3n) is 3.19. The SMILES string of the molecule is CCCCCCC(C)NCc1cc(F)c(F)c(F)c1. The van der Waals surface area contributed by atoms with Crippen LogP contribution in [0.25, 0.3) is 0 Å². The molecule has 1 atom stereocenters. The van der Waals surface area contributed by atoms with Crippen molar-refractivity contribution < 1.29 is 13.2 Å². The minimum absolute atomic E-state index is 0.285. The molecular weight excluding hydrogens is 251 g/mol.